The molecule has 0 aliphatic heterocycles. The third-order valence-corrected chi connectivity index (χ3v) is 8.58. The van der Waals surface area contributed by atoms with Crippen molar-refractivity contribution in [3.63, 3.8) is 0 Å². The molecule has 1 heterocycles. The van der Waals surface area contributed by atoms with Crippen LogP contribution in [0, 0.1) is 5.92 Å². The second-order valence-corrected chi connectivity index (χ2v) is 11.7. The maximum atomic E-state index is 12.3. The summed E-state index contributed by atoms with van der Waals surface area (Å²) in [5.74, 6) is 1.87. The fraction of sp³-hybridized carbons (Fsp3) is 0.405. The van der Waals surface area contributed by atoms with Crippen molar-refractivity contribution in [2.45, 2.75) is 71.5 Å². The molecule has 43 heavy (non-hydrogen) atoms. The van der Waals surface area contributed by atoms with E-state index in [1.807, 2.05) is 18.2 Å². The highest BCUT2D eigenvalue weighted by Crippen LogP contribution is 2.33. The number of methoxy groups -OCH3 is 2. The molecule has 1 aliphatic carbocycles. The fourth-order valence-electron chi connectivity index (χ4n) is 6.34. The summed E-state index contributed by atoms with van der Waals surface area (Å²) < 4.78 is 13.1. The number of carbonyl (C=O) groups is 1. The Hall–Kier alpha value is -3.90. The highest BCUT2D eigenvalue weighted by atomic mass is 16.5. The Balaban J connectivity index is 1.57. The largest absolute Gasteiger partial charge is 0.496 e. The minimum Gasteiger partial charge on any atom is -0.496 e. The molecule has 1 aliphatic rings. The molecule has 1 saturated carbocycles. The molecule has 0 atom stereocenters. The molecule has 0 radical (unpaired) electrons. The number of hydrogen-bond donors (Lipinski definition) is 0. The monoisotopic (exact) mass is 579 g/mol. The van der Waals surface area contributed by atoms with E-state index in [1.54, 1.807) is 7.11 Å². The van der Waals surface area contributed by atoms with Crippen LogP contribution in [0.4, 0.5) is 0 Å². The first-order valence-corrected chi connectivity index (χ1v) is 15.8. The fourth-order valence-corrected chi connectivity index (χ4v) is 6.34. The maximum absolute atomic E-state index is 12.3. The van der Waals surface area contributed by atoms with Crippen molar-refractivity contribution in [1.82, 2.24) is 14.5 Å². The van der Waals surface area contributed by atoms with Gasteiger partial charge in [0.15, 0.2) is 0 Å². The van der Waals surface area contributed by atoms with Gasteiger partial charge in [-0.25, -0.2) is 9.78 Å². The summed E-state index contributed by atoms with van der Waals surface area (Å²) in [6.45, 7) is 5.73. The number of nitrogens with zero attached hydrogens (tertiary/aromatic N) is 3. The molecule has 3 aromatic carbocycles. The van der Waals surface area contributed by atoms with Crippen molar-refractivity contribution in [3.05, 3.63) is 95.7 Å². The summed E-state index contributed by atoms with van der Waals surface area (Å²) >= 11 is 0. The third kappa shape index (κ3) is 7.55. The van der Waals surface area contributed by atoms with Crippen molar-refractivity contribution in [3.8, 4) is 28.4 Å². The van der Waals surface area contributed by atoms with E-state index in [9.17, 15) is 4.79 Å². The van der Waals surface area contributed by atoms with E-state index < -0.39 is 0 Å². The predicted molar refractivity (Wildman–Crippen MR) is 173 cm³/mol. The van der Waals surface area contributed by atoms with Crippen LogP contribution in [-0.2, 0) is 24.4 Å². The van der Waals surface area contributed by atoms with Crippen molar-refractivity contribution in [2.24, 2.45) is 5.92 Å². The van der Waals surface area contributed by atoms with Gasteiger partial charge in [-0.2, -0.15) is 0 Å². The van der Waals surface area contributed by atoms with Crippen molar-refractivity contribution < 1.29 is 14.3 Å². The molecule has 1 aromatic heterocycles. The third-order valence-electron chi connectivity index (χ3n) is 8.58. The molecule has 0 bridgehead atoms. The first-order chi connectivity index (χ1) is 21.1. The number of ether oxygens (including phenoxy) is 2. The van der Waals surface area contributed by atoms with Crippen LogP contribution < -0.4 is 4.74 Å². The maximum Gasteiger partial charge on any atom is 0.341 e. The summed E-state index contributed by atoms with van der Waals surface area (Å²) in [4.78, 5) is 20.3. The number of aromatic nitrogens is 2. The summed E-state index contributed by atoms with van der Waals surface area (Å²) in [5, 5.41) is 0. The summed E-state index contributed by atoms with van der Waals surface area (Å²) in [6, 6.07) is 27.0. The Labute approximate surface area is 256 Å². The Morgan fingerprint density at radius 2 is 1.60 bits per heavy atom. The van der Waals surface area contributed by atoms with E-state index >= 15 is 0 Å². The number of carbonyl (C=O) groups excluding carboxylic acids is 1. The van der Waals surface area contributed by atoms with Gasteiger partial charge in [0.25, 0.3) is 0 Å². The van der Waals surface area contributed by atoms with Gasteiger partial charge in [-0.15, -0.1) is 0 Å². The number of imidazole rings is 1. The van der Waals surface area contributed by atoms with Crippen molar-refractivity contribution >= 4 is 5.97 Å². The first kappa shape index (κ1) is 30.6. The average molecular weight is 580 g/mol. The molecule has 0 unspecified atom stereocenters. The molecule has 4 aromatic rings. The lowest BCUT2D eigenvalue weighted by atomic mass is 9.88. The van der Waals surface area contributed by atoms with Gasteiger partial charge in [-0.05, 0) is 42.9 Å². The van der Waals surface area contributed by atoms with Gasteiger partial charge < -0.3 is 14.0 Å². The van der Waals surface area contributed by atoms with E-state index in [1.165, 1.54) is 44.9 Å². The Morgan fingerprint density at radius 1 is 0.907 bits per heavy atom. The molecule has 0 saturated heterocycles. The lowest BCUT2D eigenvalue weighted by Crippen LogP contribution is -2.31. The Morgan fingerprint density at radius 3 is 2.26 bits per heavy atom. The number of rotatable bonds is 13. The molecule has 6 nitrogen and oxygen atoms in total. The normalized spacial score (nSPS) is 13.8. The van der Waals surface area contributed by atoms with Gasteiger partial charge >= 0.3 is 5.97 Å². The SMILES string of the molecule is CCCCn1c(-c2ccccc2)nc(-c2ccccc2)c1CN(Cc1ccc(C(=O)OC)c(OC)c1)CC1CCCCC1. The minimum atomic E-state index is -0.386. The topological polar surface area (TPSA) is 56.6 Å². The summed E-state index contributed by atoms with van der Waals surface area (Å²) in [7, 11) is 3.01. The van der Waals surface area contributed by atoms with Gasteiger partial charge in [-0.3, -0.25) is 4.90 Å². The van der Waals surface area contributed by atoms with E-state index in [0.29, 0.717) is 17.2 Å². The van der Waals surface area contributed by atoms with Crippen LogP contribution in [0.3, 0.4) is 0 Å². The zero-order valence-electron chi connectivity index (χ0n) is 25.9. The predicted octanol–water partition coefficient (Wildman–Crippen LogP) is 8.39. The van der Waals surface area contributed by atoms with E-state index in [0.717, 1.165) is 67.2 Å². The molecule has 0 spiro atoms. The number of unbranched alkanes of at least 4 members (excludes halogenated alkanes) is 1. The van der Waals surface area contributed by atoms with Crippen molar-refractivity contribution in [2.75, 3.05) is 20.8 Å². The second-order valence-electron chi connectivity index (χ2n) is 11.7. The molecule has 1 fully saturated rings. The molecule has 6 heteroatoms. The van der Waals surface area contributed by atoms with Gasteiger partial charge in [0, 0.05) is 37.3 Å². The van der Waals surface area contributed by atoms with Crippen LogP contribution in [0.15, 0.2) is 78.9 Å². The smallest absolute Gasteiger partial charge is 0.341 e. The zero-order valence-corrected chi connectivity index (χ0v) is 25.9. The van der Waals surface area contributed by atoms with Crippen LogP contribution in [0.1, 0.15) is 73.5 Å². The molecular weight excluding hydrogens is 534 g/mol. The molecule has 226 valence electrons. The van der Waals surface area contributed by atoms with Crippen molar-refractivity contribution in [1.29, 1.82) is 0 Å². The lowest BCUT2D eigenvalue weighted by molar-refractivity contribution is 0.0597. The number of hydrogen-bond acceptors (Lipinski definition) is 5. The van der Waals surface area contributed by atoms with E-state index in [2.05, 4.69) is 77.1 Å². The quantitative estimate of drug-likeness (QED) is 0.149. The first-order valence-electron chi connectivity index (χ1n) is 15.8. The van der Waals surface area contributed by atoms with E-state index in [4.69, 9.17) is 14.5 Å². The Kier molecular flexibility index (Phi) is 10.7. The van der Waals surface area contributed by atoms with Crippen LogP contribution in [-0.4, -0.2) is 41.2 Å². The van der Waals surface area contributed by atoms with Crippen LogP contribution in [0.25, 0.3) is 22.6 Å². The average Bonchev–Trinajstić information content (AvgIpc) is 3.42. The molecular formula is C37H45N3O3. The highest BCUT2D eigenvalue weighted by molar-refractivity contribution is 5.92. The molecule has 0 N–H and O–H groups in total. The molecule has 5 rings (SSSR count). The van der Waals surface area contributed by atoms with Gasteiger partial charge in [-0.1, -0.05) is 99.3 Å². The summed E-state index contributed by atoms with van der Waals surface area (Å²) in [6.07, 6.45) is 8.71. The van der Waals surface area contributed by atoms with Crippen LogP contribution >= 0.6 is 0 Å². The lowest BCUT2D eigenvalue weighted by Gasteiger charge is -2.30. The Bertz CT molecular complexity index is 1460. The van der Waals surface area contributed by atoms with Crippen LogP contribution in [0.5, 0.6) is 5.75 Å². The van der Waals surface area contributed by atoms with Gasteiger partial charge in [0.1, 0.15) is 17.1 Å². The zero-order chi connectivity index (χ0) is 30.0. The van der Waals surface area contributed by atoms with E-state index in [-0.39, 0.29) is 5.97 Å². The number of benzene rings is 3. The molecule has 0 amide bonds. The van der Waals surface area contributed by atoms with Crippen LogP contribution in [0.2, 0.25) is 0 Å². The standard InChI is InChI=1S/C37H45N3O3/c1-4-5-23-40-33(35(30-17-11-7-12-18-30)38-36(40)31-19-13-8-14-20-31)27-39(25-28-15-9-6-10-16-28)26-29-21-22-32(37(41)43-3)34(24-29)42-2/h7-8,11-14,17-22,24,28H,4-6,9-10,15-16,23,25-27H2,1-3H3. The second kappa shape index (κ2) is 15.0. The minimum absolute atomic E-state index is 0.386. The highest BCUT2D eigenvalue weighted by Gasteiger charge is 2.25. The summed E-state index contributed by atoms with van der Waals surface area (Å²) in [5.41, 5.74) is 6.17. The van der Waals surface area contributed by atoms with Gasteiger partial charge in [0.05, 0.1) is 25.6 Å². The number of esters is 1. The van der Waals surface area contributed by atoms with Gasteiger partial charge in [0.2, 0.25) is 0 Å².